The van der Waals surface area contributed by atoms with Crippen LogP contribution in [-0.4, -0.2) is 35.6 Å². The first-order valence-electron chi connectivity index (χ1n) is 6.19. The molecule has 2 fully saturated rings. The summed E-state index contributed by atoms with van der Waals surface area (Å²) in [6, 6.07) is 9.55. The van der Waals surface area contributed by atoms with Gasteiger partial charge >= 0.3 is 5.97 Å². The maximum absolute atomic E-state index is 11.3. The van der Waals surface area contributed by atoms with Crippen molar-refractivity contribution >= 4 is 5.97 Å². The van der Waals surface area contributed by atoms with Crippen molar-refractivity contribution in [3.05, 3.63) is 35.9 Å². The molecule has 1 aromatic rings. The number of benzene rings is 1. The molecule has 90 valence electrons. The third-order valence-electron chi connectivity index (χ3n) is 4.02. The number of likely N-dealkylation sites (tertiary alicyclic amines) is 1. The normalized spacial score (nSPS) is 23.1. The van der Waals surface area contributed by atoms with Crippen molar-refractivity contribution in [2.24, 2.45) is 5.41 Å². The second-order valence-electron chi connectivity index (χ2n) is 5.47. The topological polar surface area (TPSA) is 40.5 Å². The lowest BCUT2D eigenvalue weighted by molar-refractivity contribution is -0.139. The largest absolute Gasteiger partial charge is 0.481 e. The van der Waals surface area contributed by atoms with Gasteiger partial charge in [0.15, 0.2) is 0 Å². The molecule has 1 spiro atoms. The van der Waals surface area contributed by atoms with E-state index in [2.05, 4.69) is 4.90 Å². The SMILES string of the molecule is O=C(O)C(CN1CC2(CC2)C1)c1ccccc1. The van der Waals surface area contributed by atoms with Gasteiger partial charge in [-0.15, -0.1) is 0 Å². The van der Waals surface area contributed by atoms with Crippen molar-refractivity contribution in [2.75, 3.05) is 19.6 Å². The Balaban J connectivity index is 1.66. The van der Waals surface area contributed by atoms with Gasteiger partial charge in [0, 0.05) is 19.6 Å². The van der Waals surface area contributed by atoms with E-state index in [0.29, 0.717) is 12.0 Å². The van der Waals surface area contributed by atoms with E-state index < -0.39 is 5.97 Å². The third kappa shape index (κ3) is 2.07. The Morgan fingerprint density at radius 3 is 2.47 bits per heavy atom. The van der Waals surface area contributed by atoms with Crippen LogP contribution in [0.5, 0.6) is 0 Å². The van der Waals surface area contributed by atoms with Crippen LogP contribution >= 0.6 is 0 Å². The summed E-state index contributed by atoms with van der Waals surface area (Å²) in [5.41, 5.74) is 1.51. The molecule has 1 aliphatic heterocycles. The highest BCUT2D eigenvalue weighted by Crippen LogP contribution is 2.53. The van der Waals surface area contributed by atoms with Crippen LogP contribution in [0.4, 0.5) is 0 Å². The molecule has 17 heavy (non-hydrogen) atoms. The Hall–Kier alpha value is -1.35. The molecule has 3 rings (SSSR count). The first-order valence-corrected chi connectivity index (χ1v) is 6.19. The van der Waals surface area contributed by atoms with E-state index in [-0.39, 0.29) is 5.92 Å². The Bertz CT molecular complexity index is 417. The summed E-state index contributed by atoms with van der Waals surface area (Å²) in [6.07, 6.45) is 2.68. The fourth-order valence-electron chi connectivity index (χ4n) is 2.79. The molecule has 1 heterocycles. The fraction of sp³-hybridized carbons (Fsp3) is 0.500. The van der Waals surface area contributed by atoms with E-state index in [1.165, 1.54) is 12.8 Å². The molecule has 1 N–H and O–H groups in total. The third-order valence-corrected chi connectivity index (χ3v) is 4.02. The molecule has 0 radical (unpaired) electrons. The average molecular weight is 231 g/mol. The van der Waals surface area contributed by atoms with Crippen molar-refractivity contribution < 1.29 is 9.90 Å². The van der Waals surface area contributed by atoms with Crippen LogP contribution in [0.2, 0.25) is 0 Å². The molecule has 2 aliphatic rings. The summed E-state index contributed by atoms with van der Waals surface area (Å²) in [6.45, 7) is 2.86. The maximum atomic E-state index is 11.3. The van der Waals surface area contributed by atoms with Gasteiger partial charge in [0.05, 0.1) is 5.92 Å². The van der Waals surface area contributed by atoms with Gasteiger partial charge in [0.1, 0.15) is 0 Å². The molecule has 1 saturated heterocycles. The van der Waals surface area contributed by atoms with Crippen molar-refractivity contribution in [1.82, 2.24) is 4.90 Å². The fourth-order valence-corrected chi connectivity index (χ4v) is 2.79. The van der Waals surface area contributed by atoms with E-state index >= 15 is 0 Å². The van der Waals surface area contributed by atoms with Crippen molar-refractivity contribution in [3.63, 3.8) is 0 Å². The van der Waals surface area contributed by atoms with Crippen LogP contribution in [0.15, 0.2) is 30.3 Å². The van der Waals surface area contributed by atoms with E-state index in [9.17, 15) is 9.90 Å². The minimum atomic E-state index is -0.715. The Labute approximate surface area is 101 Å². The lowest BCUT2D eigenvalue weighted by atomic mass is 9.92. The van der Waals surface area contributed by atoms with Crippen molar-refractivity contribution in [3.8, 4) is 0 Å². The van der Waals surface area contributed by atoms with E-state index in [0.717, 1.165) is 18.7 Å². The summed E-state index contributed by atoms with van der Waals surface area (Å²) < 4.78 is 0. The van der Waals surface area contributed by atoms with Crippen LogP contribution < -0.4 is 0 Å². The van der Waals surface area contributed by atoms with Gasteiger partial charge in [-0.3, -0.25) is 4.79 Å². The molecular weight excluding hydrogens is 214 g/mol. The summed E-state index contributed by atoms with van der Waals surface area (Å²) in [7, 11) is 0. The van der Waals surface area contributed by atoms with Crippen molar-refractivity contribution in [2.45, 2.75) is 18.8 Å². The number of hydrogen-bond donors (Lipinski definition) is 1. The summed E-state index contributed by atoms with van der Waals surface area (Å²) in [5, 5.41) is 9.31. The van der Waals surface area contributed by atoms with Crippen LogP contribution in [0.25, 0.3) is 0 Å². The quantitative estimate of drug-likeness (QED) is 0.861. The van der Waals surface area contributed by atoms with Gasteiger partial charge in [-0.05, 0) is 23.8 Å². The van der Waals surface area contributed by atoms with Gasteiger partial charge in [-0.1, -0.05) is 30.3 Å². The zero-order valence-corrected chi connectivity index (χ0v) is 9.80. The highest BCUT2D eigenvalue weighted by molar-refractivity contribution is 5.76. The van der Waals surface area contributed by atoms with Gasteiger partial charge in [0.2, 0.25) is 0 Å². The highest BCUT2D eigenvalue weighted by atomic mass is 16.4. The second-order valence-corrected chi connectivity index (χ2v) is 5.47. The minimum Gasteiger partial charge on any atom is -0.481 e. The Morgan fingerprint density at radius 1 is 1.29 bits per heavy atom. The van der Waals surface area contributed by atoms with E-state index in [1.54, 1.807) is 0 Å². The maximum Gasteiger partial charge on any atom is 0.312 e. The van der Waals surface area contributed by atoms with Crippen molar-refractivity contribution in [1.29, 1.82) is 0 Å². The zero-order valence-electron chi connectivity index (χ0n) is 9.80. The Kier molecular flexibility index (Phi) is 2.44. The molecule has 0 amide bonds. The summed E-state index contributed by atoms with van der Waals surface area (Å²) in [5.74, 6) is -1.10. The number of rotatable bonds is 4. The number of aliphatic carboxylic acids is 1. The highest BCUT2D eigenvalue weighted by Gasteiger charge is 2.52. The second kappa shape index (κ2) is 3.84. The van der Waals surface area contributed by atoms with Crippen LogP contribution in [-0.2, 0) is 4.79 Å². The first kappa shape index (κ1) is 10.8. The number of carbonyl (C=O) groups is 1. The molecule has 1 aliphatic carbocycles. The molecule has 3 nitrogen and oxygen atoms in total. The number of nitrogens with zero attached hydrogens (tertiary/aromatic N) is 1. The molecule has 1 aromatic carbocycles. The predicted molar refractivity (Wildman–Crippen MR) is 64.9 cm³/mol. The minimum absolute atomic E-state index is 0.382. The van der Waals surface area contributed by atoms with Gasteiger partial charge in [0.25, 0.3) is 0 Å². The molecule has 1 saturated carbocycles. The van der Waals surface area contributed by atoms with Crippen LogP contribution in [0.1, 0.15) is 24.3 Å². The number of carboxylic acid groups (broad SMARTS) is 1. The molecule has 3 heteroatoms. The summed E-state index contributed by atoms with van der Waals surface area (Å²) >= 11 is 0. The lowest BCUT2D eigenvalue weighted by Crippen LogP contribution is -2.50. The van der Waals surface area contributed by atoms with Gasteiger partial charge < -0.3 is 10.0 Å². The average Bonchev–Trinajstić information content (AvgIpc) is 3.05. The first-order chi connectivity index (χ1) is 8.19. The van der Waals surface area contributed by atoms with Gasteiger partial charge in [-0.2, -0.15) is 0 Å². The number of hydrogen-bond acceptors (Lipinski definition) is 2. The monoisotopic (exact) mass is 231 g/mol. The molecular formula is C14H17NO2. The molecule has 0 aromatic heterocycles. The molecule has 0 bridgehead atoms. The van der Waals surface area contributed by atoms with E-state index in [1.807, 2.05) is 30.3 Å². The van der Waals surface area contributed by atoms with Gasteiger partial charge in [-0.25, -0.2) is 0 Å². The predicted octanol–water partition coefficient (Wildman–Crippen LogP) is 1.95. The summed E-state index contributed by atoms with van der Waals surface area (Å²) in [4.78, 5) is 13.6. The van der Waals surface area contributed by atoms with Crippen LogP contribution in [0.3, 0.4) is 0 Å². The standard InChI is InChI=1S/C14H17NO2/c16-13(17)12(11-4-2-1-3-5-11)8-15-9-14(10-15)6-7-14/h1-5,12H,6-10H2,(H,16,17). The number of carboxylic acids is 1. The molecule has 1 atom stereocenters. The molecule has 1 unspecified atom stereocenters. The Morgan fingerprint density at radius 2 is 1.94 bits per heavy atom. The lowest BCUT2D eigenvalue weighted by Gasteiger charge is -2.41. The smallest absolute Gasteiger partial charge is 0.312 e. The zero-order chi connectivity index (χ0) is 11.9. The van der Waals surface area contributed by atoms with E-state index in [4.69, 9.17) is 0 Å². The van der Waals surface area contributed by atoms with Crippen LogP contribution in [0, 0.1) is 5.41 Å².